The summed E-state index contributed by atoms with van der Waals surface area (Å²) in [4.78, 5) is 0. The minimum atomic E-state index is 0.553. The highest BCUT2D eigenvalue weighted by Crippen LogP contribution is 2.11. The standard InChI is InChI=1S/C9H11N3/c10-5-4-9(12)7-2-1-3-8(11)6-7/h1-6,10H,11-12H2/b9-4-,10-5?. The zero-order valence-electron chi connectivity index (χ0n) is 6.62. The number of rotatable bonds is 2. The lowest BCUT2D eigenvalue weighted by molar-refractivity contribution is 1.51. The van der Waals surface area contributed by atoms with E-state index in [9.17, 15) is 0 Å². The second-order valence-corrected chi connectivity index (χ2v) is 2.41. The molecule has 0 saturated heterocycles. The van der Waals surface area contributed by atoms with E-state index in [4.69, 9.17) is 16.9 Å². The molecule has 0 saturated carbocycles. The van der Waals surface area contributed by atoms with Crippen LogP contribution in [0.4, 0.5) is 5.69 Å². The van der Waals surface area contributed by atoms with Gasteiger partial charge in [-0.25, -0.2) is 0 Å². The maximum absolute atomic E-state index is 6.82. The van der Waals surface area contributed by atoms with E-state index in [1.807, 2.05) is 12.1 Å². The van der Waals surface area contributed by atoms with Gasteiger partial charge in [-0.05, 0) is 23.8 Å². The maximum Gasteiger partial charge on any atom is 0.0403 e. The molecule has 5 N–H and O–H groups in total. The third-order valence-electron chi connectivity index (χ3n) is 1.48. The van der Waals surface area contributed by atoms with Crippen LogP contribution in [-0.4, -0.2) is 6.21 Å². The van der Waals surface area contributed by atoms with Gasteiger partial charge in [0.05, 0.1) is 0 Å². The Morgan fingerprint density at radius 3 is 2.75 bits per heavy atom. The number of anilines is 1. The minimum Gasteiger partial charge on any atom is -0.399 e. The molecule has 0 heterocycles. The SMILES string of the molecule is N=C/C=C(\N)c1cccc(N)c1. The van der Waals surface area contributed by atoms with E-state index in [1.54, 1.807) is 12.1 Å². The molecule has 62 valence electrons. The van der Waals surface area contributed by atoms with Crippen LogP contribution in [0, 0.1) is 5.41 Å². The van der Waals surface area contributed by atoms with Crippen molar-refractivity contribution in [3.05, 3.63) is 35.9 Å². The number of benzene rings is 1. The number of allylic oxidation sites excluding steroid dienone is 1. The Balaban J connectivity index is 3.03. The highest BCUT2D eigenvalue weighted by molar-refractivity contribution is 5.82. The Kier molecular flexibility index (Phi) is 2.48. The number of nitrogen functional groups attached to an aromatic ring is 1. The van der Waals surface area contributed by atoms with E-state index in [-0.39, 0.29) is 0 Å². The molecule has 0 aliphatic rings. The topological polar surface area (TPSA) is 75.9 Å². The predicted octanol–water partition coefficient (Wildman–Crippen LogP) is 1.22. The highest BCUT2D eigenvalue weighted by Gasteiger charge is 1.94. The van der Waals surface area contributed by atoms with Gasteiger partial charge in [0.2, 0.25) is 0 Å². The average Bonchev–Trinajstić information content (AvgIpc) is 2.05. The van der Waals surface area contributed by atoms with Gasteiger partial charge < -0.3 is 16.9 Å². The Hall–Kier alpha value is -1.77. The molecule has 0 fully saturated rings. The first-order chi connectivity index (χ1) is 5.74. The Labute approximate surface area is 71.2 Å². The summed E-state index contributed by atoms with van der Waals surface area (Å²) in [6.07, 6.45) is 2.67. The van der Waals surface area contributed by atoms with Gasteiger partial charge in [0.1, 0.15) is 0 Å². The van der Waals surface area contributed by atoms with Gasteiger partial charge in [0.25, 0.3) is 0 Å². The van der Waals surface area contributed by atoms with Crippen LogP contribution in [0.3, 0.4) is 0 Å². The molecular formula is C9H11N3. The molecule has 0 atom stereocenters. The first-order valence-corrected chi connectivity index (χ1v) is 3.56. The summed E-state index contributed by atoms with van der Waals surface area (Å²) < 4.78 is 0. The van der Waals surface area contributed by atoms with Crippen LogP contribution >= 0.6 is 0 Å². The lowest BCUT2D eigenvalue weighted by Crippen LogP contribution is -1.97. The van der Waals surface area contributed by atoms with E-state index in [2.05, 4.69) is 0 Å². The van der Waals surface area contributed by atoms with Gasteiger partial charge in [0, 0.05) is 17.6 Å². The number of hydrogen-bond donors (Lipinski definition) is 3. The first kappa shape index (κ1) is 8.33. The second-order valence-electron chi connectivity index (χ2n) is 2.41. The summed E-state index contributed by atoms with van der Waals surface area (Å²) in [5, 5.41) is 6.82. The quantitative estimate of drug-likeness (QED) is 0.450. The van der Waals surface area contributed by atoms with Crippen LogP contribution in [0.1, 0.15) is 5.56 Å². The molecule has 1 aromatic rings. The van der Waals surface area contributed by atoms with Crippen LogP contribution in [-0.2, 0) is 0 Å². The van der Waals surface area contributed by atoms with Crippen LogP contribution in [0.2, 0.25) is 0 Å². The van der Waals surface area contributed by atoms with Crippen LogP contribution in [0.25, 0.3) is 5.70 Å². The van der Waals surface area contributed by atoms with Crippen molar-refractivity contribution in [2.75, 3.05) is 5.73 Å². The van der Waals surface area contributed by atoms with E-state index in [0.717, 1.165) is 11.8 Å². The normalized spacial score (nSPS) is 11.2. The zero-order chi connectivity index (χ0) is 8.97. The van der Waals surface area contributed by atoms with Crippen molar-refractivity contribution in [2.24, 2.45) is 5.73 Å². The summed E-state index contributed by atoms with van der Waals surface area (Å²) in [6.45, 7) is 0. The molecule has 0 bridgehead atoms. The van der Waals surface area contributed by atoms with Crippen molar-refractivity contribution in [3.63, 3.8) is 0 Å². The van der Waals surface area contributed by atoms with Gasteiger partial charge in [0.15, 0.2) is 0 Å². The largest absolute Gasteiger partial charge is 0.399 e. The van der Waals surface area contributed by atoms with E-state index in [1.165, 1.54) is 6.08 Å². The van der Waals surface area contributed by atoms with Crippen LogP contribution < -0.4 is 11.5 Å². The van der Waals surface area contributed by atoms with Crippen molar-refractivity contribution >= 4 is 17.6 Å². The first-order valence-electron chi connectivity index (χ1n) is 3.56. The number of hydrogen-bond acceptors (Lipinski definition) is 3. The molecule has 3 nitrogen and oxygen atoms in total. The average molecular weight is 161 g/mol. The third-order valence-corrected chi connectivity index (χ3v) is 1.48. The summed E-state index contributed by atoms with van der Waals surface area (Å²) in [5.41, 5.74) is 13.3. The minimum absolute atomic E-state index is 0.553. The molecule has 0 amide bonds. The zero-order valence-corrected chi connectivity index (χ0v) is 6.62. The lowest BCUT2D eigenvalue weighted by atomic mass is 10.1. The molecule has 1 rings (SSSR count). The summed E-state index contributed by atoms with van der Waals surface area (Å²) in [5.74, 6) is 0. The predicted molar refractivity (Wildman–Crippen MR) is 51.8 cm³/mol. The smallest absolute Gasteiger partial charge is 0.0403 e. The maximum atomic E-state index is 6.82. The van der Waals surface area contributed by atoms with Crippen molar-refractivity contribution in [1.29, 1.82) is 5.41 Å². The van der Waals surface area contributed by atoms with E-state index in [0.29, 0.717) is 11.4 Å². The van der Waals surface area contributed by atoms with Gasteiger partial charge in [-0.3, -0.25) is 0 Å². The monoisotopic (exact) mass is 161 g/mol. The molecule has 0 unspecified atom stereocenters. The highest BCUT2D eigenvalue weighted by atomic mass is 14.6. The second kappa shape index (κ2) is 3.57. The van der Waals surface area contributed by atoms with Gasteiger partial charge in [-0.1, -0.05) is 12.1 Å². The fourth-order valence-corrected chi connectivity index (χ4v) is 0.904. The number of nitrogens with two attached hydrogens (primary N) is 2. The molecular weight excluding hydrogens is 150 g/mol. The summed E-state index contributed by atoms with van der Waals surface area (Å²) in [6, 6.07) is 7.25. The summed E-state index contributed by atoms with van der Waals surface area (Å²) >= 11 is 0. The molecule has 0 aromatic heterocycles. The van der Waals surface area contributed by atoms with E-state index < -0.39 is 0 Å². The molecule has 0 aliphatic heterocycles. The molecule has 3 heteroatoms. The van der Waals surface area contributed by atoms with Crippen molar-refractivity contribution < 1.29 is 0 Å². The molecule has 0 aliphatic carbocycles. The van der Waals surface area contributed by atoms with Gasteiger partial charge in [-0.2, -0.15) is 0 Å². The van der Waals surface area contributed by atoms with Gasteiger partial charge in [-0.15, -0.1) is 0 Å². The van der Waals surface area contributed by atoms with Crippen LogP contribution in [0.5, 0.6) is 0 Å². The fraction of sp³-hybridized carbons (Fsp3) is 0. The molecule has 0 radical (unpaired) electrons. The van der Waals surface area contributed by atoms with E-state index >= 15 is 0 Å². The van der Waals surface area contributed by atoms with Crippen LogP contribution in [0.15, 0.2) is 30.3 Å². The molecule has 12 heavy (non-hydrogen) atoms. The van der Waals surface area contributed by atoms with Crippen molar-refractivity contribution in [1.82, 2.24) is 0 Å². The molecule has 0 spiro atoms. The third kappa shape index (κ3) is 1.85. The lowest BCUT2D eigenvalue weighted by Gasteiger charge is -2.00. The number of nitrogens with one attached hydrogen (secondary N) is 1. The Morgan fingerprint density at radius 1 is 1.42 bits per heavy atom. The van der Waals surface area contributed by atoms with Crippen molar-refractivity contribution in [2.45, 2.75) is 0 Å². The van der Waals surface area contributed by atoms with Gasteiger partial charge >= 0.3 is 0 Å². The van der Waals surface area contributed by atoms with Crippen molar-refractivity contribution in [3.8, 4) is 0 Å². The Bertz CT molecular complexity index is 315. The Morgan fingerprint density at radius 2 is 2.17 bits per heavy atom. The summed E-state index contributed by atoms with van der Waals surface area (Å²) in [7, 11) is 0. The molecule has 1 aromatic carbocycles. The fourth-order valence-electron chi connectivity index (χ4n) is 0.904.